The van der Waals surface area contributed by atoms with E-state index in [1.54, 1.807) is 24.3 Å². The highest BCUT2D eigenvalue weighted by molar-refractivity contribution is 7.92. The van der Waals surface area contributed by atoms with Crippen molar-refractivity contribution in [3.8, 4) is 0 Å². The average Bonchev–Trinajstić information content (AvgIpc) is 2.69. The molecule has 1 heterocycles. The van der Waals surface area contributed by atoms with Crippen LogP contribution in [0.5, 0.6) is 0 Å². The Kier molecular flexibility index (Phi) is 6.82. The number of piperidine rings is 1. The summed E-state index contributed by atoms with van der Waals surface area (Å²) in [6.07, 6.45) is 2.92. The molecular formula is C21H26ClN3O3S. The predicted molar refractivity (Wildman–Crippen MR) is 118 cm³/mol. The molecule has 0 saturated carbocycles. The Balaban J connectivity index is 1.64. The Labute approximate surface area is 177 Å². The number of anilines is 2. The van der Waals surface area contributed by atoms with Gasteiger partial charge < -0.3 is 5.32 Å². The van der Waals surface area contributed by atoms with Crippen molar-refractivity contribution in [1.82, 2.24) is 4.90 Å². The number of nitrogens with zero attached hydrogens (tertiary/aromatic N) is 2. The molecule has 29 heavy (non-hydrogen) atoms. The van der Waals surface area contributed by atoms with Crippen molar-refractivity contribution in [3.63, 3.8) is 0 Å². The number of rotatable bonds is 6. The lowest BCUT2D eigenvalue weighted by molar-refractivity contribution is -0.121. The van der Waals surface area contributed by atoms with Crippen LogP contribution in [0.15, 0.2) is 48.5 Å². The first kappa shape index (κ1) is 21.6. The van der Waals surface area contributed by atoms with Crippen LogP contribution in [0.25, 0.3) is 0 Å². The second-order valence-corrected chi connectivity index (χ2v) is 9.86. The molecule has 2 aromatic rings. The molecule has 8 heteroatoms. The third kappa shape index (κ3) is 5.72. The number of hydrogen-bond donors (Lipinski definition) is 1. The summed E-state index contributed by atoms with van der Waals surface area (Å²) in [7, 11) is -1.87. The maximum Gasteiger partial charge on any atom is 0.231 e. The summed E-state index contributed by atoms with van der Waals surface area (Å²) in [6, 6.07) is 14.6. The van der Waals surface area contributed by atoms with E-state index in [2.05, 4.69) is 10.2 Å². The van der Waals surface area contributed by atoms with E-state index in [4.69, 9.17) is 11.6 Å². The van der Waals surface area contributed by atoms with Crippen LogP contribution in [0.1, 0.15) is 18.4 Å². The van der Waals surface area contributed by atoms with Gasteiger partial charge in [0.2, 0.25) is 15.9 Å². The fraction of sp³-hybridized carbons (Fsp3) is 0.381. The number of sulfonamides is 1. The molecule has 1 aliphatic rings. The van der Waals surface area contributed by atoms with E-state index < -0.39 is 10.0 Å². The van der Waals surface area contributed by atoms with Gasteiger partial charge in [0.15, 0.2) is 0 Å². The minimum absolute atomic E-state index is 0.0481. The number of halogens is 1. The Bertz CT molecular complexity index is 981. The van der Waals surface area contributed by atoms with Crippen LogP contribution in [-0.4, -0.2) is 45.6 Å². The molecule has 1 aliphatic heterocycles. The molecule has 0 bridgehead atoms. The number of benzene rings is 2. The Hall–Kier alpha value is -2.09. The lowest BCUT2D eigenvalue weighted by Gasteiger charge is -2.32. The normalized spacial score (nSPS) is 17.7. The highest BCUT2D eigenvalue weighted by Crippen LogP contribution is 2.25. The van der Waals surface area contributed by atoms with E-state index in [1.807, 2.05) is 24.3 Å². The van der Waals surface area contributed by atoms with Gasteiger partial charge in [-0.05, 0) is 49.2 Å². The summed E-state index contributed by atoms with van der Waals surface area (Å²) >= 11 is 6.27. The van der Waals surface area contributed by atoms with Gasteiger partial charge in [-0.3, -0.25) is 14.0 Å². The molecule has 1 amide bonds. The van der Waals surface area contributed by atoms with Gasteiger partial charge >= 0.3 is 0 Å². The van der Waals surface area contributed by atoms with E-state index in [9.17, 15) is 13.2 Å². The standard InChI is InChI=1S/C21H26ClN3O3S/c1-24(29(2,27)28)19-10-5-9-18(13-19)23-21(26)17-8-6-12-25(15-17)14-16-7-3-4-11-20(16)22/h3-5,7,9-11,13,17H,6,8,12,14-15H2,1-2H3,(H,23,26)/t17-/m1/s1. The molecule has 1 saturated heterocycles. The van der Waals surface area contributed by atoms with Gasteiger partial charge in [0.05, 0.1) is 17.9 Å². The molecule has 1 N–H and O–H groups in total. The van der Waals surface area contributed by atoms with E-state index in [-0.39, 0.29) is 11.8 Å². The first-order valence-electron chi connectivity index (χ1n) is 9.54. The molecule has 0 aliphatic carbocycles. The van der Waals surface area contributed by atoms with E-state index in [0.29, 0.717) is 17.9 Å². The van der Waals surface area contributed by atoms with Crippen molar-refractivity contribution in [2.45, 2.75) is 19.4 Å². The molecule has 6 nitrogen and oxygen atoms in total. The van der Waals surface area contributed by atoms with E-state index in [0.717, 1.165) is 42.8 Å². The van der Waals surface area contributed by atoms with Gasteiger partial charge in [-0.2, -0.15) is 0 Å². The minimum atomic E-state index is -3.36. The summed E-state index contributed by atoms with van der Waals surface area (Å²) in [5.74, 6) is -0.171. The third-order valence-electron chi connectivity index (χ3n) is 5.20. The average molecular weight is 436 g/mol. The molecule has 0 aromatic heterocycles. The number of carbonyl (C=O) groups is 1. The lowest BCUT2D eigenvalue weighted by Crippen LogP contribution is -2.40. The zero-order valence-electron chi connectivity index (χ0n) is 16.6. The SMILES string of the molecule is CN(c1cccc(NC(=O)[C@@H]2CCCN(Cc3ccccc3Cl)C2)c1)S(C)(=O)=O. The molecule has 1 fully saturated rings. The summed E-state index contributed by atoms with van der Waals surface area (Å²) in [4.78, 5) is 15.1. The summed E-state index contributed by atoms with van der Waals surface area (Å²) in [5.41, 5.74) is 2.16. The fourth-order valence-corrected chi connectivity index (χ4v) is 4.19. The van der Waals surface area contributed by atoms with Crippen LogP contribution in [0, 0.1) is 5.92 Å². The van der Waals surface area contributed by atoms with Crippen molar-refractivity contribution in [2.24, 2.45) is 5.92 Å². The molecule has 156 valence electrons. The summed E-state index contributed by atoms with van der Waals surface area (Å²) in [6.45, 7) is 2.32. The van der Waals surface area contributed by atoms with Gasteiger partial charge in [-0.25, -0.2) is 8.42 Å². The number of carbonyl (C=O) groups excluding carboxylic acids is 1. The van der Waals surface area contributed by atoms with Crippen LogP contribution in [0.2, 0.25) is 5.02 Å². The molecule has 1 atom stereocenters. The zero-order chi connectivity index (χ0) is 21.0. The minimum Gasteiger partial charge on any atom is -0.326 e. The number of amides is 1. The topological polar surface area (TPSA) is 69.7 Å². The first-order chi connectivity index (χ1) is 13.7. The maximum atomic E-state index is 12.8. The summed E-state index contributed by atoms with van der Waals surface area (Å²) < 4.78 is 24.7. The van der Waals surface area contributed by atoms with Crippen molar-refractivity contribution in [3.05, 3.63) is 59.1 Å². The zero-order valence-corrected chi connectivity index (χ0v) is 18.2. The van der Waals surface area contributed by atoms with Gasteiger partial charge in [0.25, 0.3) is 0 Å². The molecular weight excluding hydrogens is 410 g/mol. The molecule has 0 spiro atoms. The molecule has 2 aromatic carbocycles. The maximum absolute atomic E-state index is 12.8. The monoisotopic (exact) mass is 435 g/mol. The molecule has 3 rings (SSSR count). The largest absolute Gasteiger partial charge is 0.326 e. The second kappa shape index (κ2) is 9.15. The van der Waals surface area contributed by atoms with Gasteiger partial charge in [-0.15, -0.1) is 0 Å². The Morgan fingerprint density at radius 3 is 2.72 bits per heavy atom. The van der Waals surface area contributed by atoms with Gasteiger partial charge in [0.1, 0.15) is 0 Å². The van der Waals surface area contributed by atoms with E-state index >= 15 is 0 Å². The van der Waals surface area contributed by atoms with Crippen LogP contribution in [-0.2, 0) is 21.4 Å². The second-order valence-electron chi connectivity index (χ2n) is 7.44. The lowest BCUT2D eigenvalue weighted by atomic mass is 9.96. The first-order valence-corrected chi connectivity index (χ1v) is 11.8. The van der Waals surface area contributed by atoms with Crippen LogP contribution < -0.4 is 9.62 Å². The Morgan fingerprint density at radius 2 is 2.00 bits per heavy atom. The van der Waals surface area contributed by atoms with Gasteiger partial charge in [-0.1, -0.05) is 35.9 Å². The van der Waals surface area contributed by atoms with Crippen molar-refractivity contribution >= 4 is 38.9 Å². The van der Waals surface area contributed by atoms with Crippen molar-refractivity contribution < 1.29 is 13.2 Å². The fourth-order valence-electron chi connectivity index (χ4n) is 3.50. The van der Waals surface area contributed by atoms with Gasteiger partial charge in [0, 0.05) is 30.8 Å². The third-order valence-corrected chi connectivity index (χ3v) is 6.78. The van der Waals surface area contributed by atoms with Crippen molar-refractivity contribution in [1.29, 1.82) is 0 Å². The van der Waals surface area contributed by atoms with E-state index in [1.165, 1.54) is 11.4 Å². The predicted octanol–water partition coefficient (Wildman–Crippen LogP) is 3.59. The number of likely N-dealkylation sites (tertiary alicyclic amines) is 1. The highest BCUT2D eigenvalue weighted by atomic mass is 35.5. The number of hydrogen-bond acceptors (Lipinski definition) is 4. The molecule has 0 unspecified atom stereocenters. The van der Waals surface area contributed by atoms with Crippen LogP contribution >= 0.6 is 11.6 Å². The quantitative estimate of drug-likeness (QED) is 0.752. The van der Waals surface area contributed by atoms with Crippen LogP contribution in [0.3, 0.4) is 0 Å². The summed E-state index contributed by atoms with van der Waals surface area (Å²) in [5, 5.41) is 3.68. The molecule has 0 radical (unpaired) electrons. The highest BCUT2D eigenvalue weighted by Gasteiger charge is 2.26. The Morgan fingerprint density at radius 1 is 1.24 bits per heavy atom. The van der Waals surface area contributed by atoms with Crippen molar-refractivity contribution in [2.75, 3.05) is 36.0 Å². The smallest absolute Gasteiger partial charge is 0.231 e. The number of nitrogens with one attached hydrogen (secondary N) is 1. The van der Waals surface area contributed by atoms with Crippen LogP contribution in [0.4, 0.5) is 11.4 Å².